The van der Waals surface area contributed by atoms with Gasteiger partial charge >= 0.3 is 5.97 Å². The van der Waals surface area contributed by atoms with E-state index in [1.807, 2.05) is 101 Å². The van der Waals surface area contributed by atoms with Crippen LogP contribution in [0.15, 0.2) is 85.0 Å². The number of aliphatic hydroxyl groups excluding tert-OH is 1. The number of carbonyl (C=O) groups excluding carboxylic acids is 2. The van der Waals surface area contributed by atoms with E-state index in [1.54, 1.807) is 0 Å². The number of aryl methyl sites for hydroxylation is 2. The van der Waals surface area contributed by atoms with Crippen LogP contribution in [0.2, 0.25) is 0 Å². The monoisotopic (exact) mass is 549 g/mol. The normalized spacial score (nSPS) is 12.1. The zero-order valence-corrected chi connectivity index (χ0v) is 25.8. The van der Waals surface area contributed by atoms with Gasteiger partial charge in [-0.1, -0.05) is 85.9 Å². The molecule has 0 aliphatic carbocycles. The highest BCUT2D eigenvalue weighted by molar-refractivity contribution is 5.65. The molecule has 0 aromatic heterocycles. The van der Waals surface area contributed by atoms with Gasteiger partial charge in [-0.3, -0.25) is 4.79 Å². The number of nitrogens with one attached hydrogen (secondary N) is 1. The Kier molecular flexibility index (Phi) is 24.6. The Labute approximate surface area is 243 Å². The molecule has 40 heavy (non-hydrogen) atoms. The van der Waals surface area contributed by atoms with E-state index in [-0.39, 0.29) is 12.0 Å². The van der Waals surface area contributed by atoms with E-state index in [1.165, 1.54) is 18.1 Å². The van der Waals surface area contributed by atoms with Crippen molar-refractivity contribution < 1.29 is 19.4 Å². The number of hydrogen-bond donors (Lipinski definition) is 2. The molecule has 0 bridgehead atoms. The average molecular weight is 550 g/mol. The maximum Gasteiger partial charge on any atom is 0.302 e. The fraction of sp³-hybridized carbons (Fsp3) is 0.371. The number of benzene rings is 2. The summed E-state index contributed by atoms with van der Waals surface area (Å²) in [6.45, 7) is 18.2. The summed E-state index contributed by atoms with van der Waals surface area (Å²) in [7, 11) is 0. The topological polar surface area (TPSA) is 75.6 Å². The standard InChI is InChI=1S/C23H29NO.C6H10.C5H10O2.CH2O/c1-5-6-7-8-20-9-11-21(12-10-20)23(25)16-19(4)24-22-14-17(2)13-18(3)15-22;1-3-5-6-4-2;1-3-4-7-5(2)6;1-2/h5-15,19,23-25H,16H2,1-4H3;3-6H,1-2H3;3-4H2,1-2H3;1H2/b6-5-,8-7-;5-3-,6-4-;;. The second-order valence-electron chi connectivity index (χ2n) is 9.12. The van der Waals surface area contributed by atoms with Gasteiger partial charge in [0.1, 0.15) is 6.79 Å². The SMILES string of the molecule is C/C=C\C=C/C.C/C=C\C=C/c1ccc(C(O)CC(C)Nc2cc(C)cc(C)c2)cc1.C=O.CCCOC(C)=O. The van der Waals surface area contributed by atoms with E-state index < -0.39 is 6.10 Å². The van der Waals surface area contributed by atoms with Crippen LogP contribution in [0.5, 0.6) is 0 Å². The minimum Gasteiger partial charge on any atom is -0.466 e. The summed E-state index contributed by atoms with van der Waals surface area (Å²) in [6, 6.07) is 14.7. The summed E-state index contributed by atoms with van der Waals surface area (Å²) in [5.74, 6) is -0.193. The van der Waals surface area contributed by atoms with E-state index in [0.29, 0.717) is 13.0 Å². The summed E-state index contributed by atoms with van der Waals surface area (Å²) in [5.41, 5.74) is 5.70. The van der Waals surface area contributed by atoms with Crippen molar-refractivity contribution in [3.05, 3.63) is 107 Å². The second kappa shape index (κ2) is 25.6. The first-order chi connectivity index (χ1) is 19.2. The van der Waals surface area contributed by atoms with Crippen LogP contribution >= 0.6 is 0 Å². The number of carbonyl (C=O) groups is 2. The molecule has 0 heterocycles. The zero-order valence-electron chi connectivity index (χ0n) is 25.8. The van der Waals surface area contributed by atoms with Crippen molar-refractivity contribution in [1.82, 2.24) is 0 Å². The van der Waals surface area contributed by atoms with Crippen molar-refractivity contribution in [3.63, 3.8) is 0 Å². The molecule has 0 radical (unpaired) electrons. The molecule has 0 saturated heterocycles. The first kappa shape index (κ1) is 38.4. The lowest BCUT2D eigenvalue weighted by Gasteiger charge is -2.20. The van der Waals surface area contributed by atoms with Gasteiger partial charge < -0.3 is 20.0 Å². The highest BCUT2D eigenvalue weighted by Crippen LogP contribution is 2.22. The smallest absolute Gasteiger partial charge is 0.302 e. The predicted molar refractivity (Wildman–Crippen MR) is 173 cm³/mol. The molecular weight excluding hydrogens is 498 g/mol. The summed E-state index contributed by atoms with van der Waals surface area (Å²) in [4.78, 5) is 18.0. The fourth-order valence-corrected chi connectivity index (χ4v) is 3.45. The molecule has 2 unspecified atom stereocenters. The molecule has 2 aromatic rings. The average Bonchev–Trinajstić information content (AvgIpc) is 2.92. The number of rotatable bonds is 10. The Morgan fingerprint density at radius 2 is 1.43 bits per heavy atom. The number of hydrogen-bond acceptors (Lipinski definition) is 5. The molecule has 5 heteroatoms. The molecule has 2 atom stereocenters. The molecule has 2 rings (SSSR count). The number of anilines is 1. The van der Waals surface area contributed by atoms with E-state index in [4.69, 9.17) is 4.79 Å². The van der Waals surface area contributed by atoms with Crippen LogP contribution in [0.4, 0.5) is 5.69 Å². The van der Waals surface area contributed by atoms with E-state index >= 15 is 0 Å². The Morgan fingerprint density at radius 3 is 1.85 bits per heavy atom. The van der Waals surface area contributed by atoms with Gasteiger partial charge in [-0.15, -0.1) is 0 Å². The van der Waals surface area contributed by atoms with Gasteiger partial charge in [0.25, 0.3) is 0 Å². The Hall–Kier alpha value is -3.70. The van der Waals surface area contributed by atoms with Crippen LogP contribution < -0.4 is 5.32 Å². The first-order valence-electron chi connectivity index (χ1n) is 13.7. The Morgan fingerprint density at radius 1 is 0.925 bits per heavy atom. The summed E-state index contributed by atoms with van der Waals surface area (Å²) < 4.78 is 4.55. The number of esters is 1. The predicted octanol–water partition coefficient (Wildman–Crippen LogP) is 8.73. The minimum absolute atomic E-state index is 0.186. The van der Waals surface area contributed by atoms with Crippen LogP contribution in [-0.4, -0.2) is 30.5 Å². The Balaban J connectivity index is 0. The van der Waals surface area contributed by atoms with Crippen molar-refractivity contribution in [2.24, 2.45) is 0 Å². The molecule has 2 aromatic carbocycles. The summed E-state index contributed by atoms with van der Waals surface area (Å²) >= 11 is 0. The van der Waals surface area contributed by atoms with Gasteiger partial charge in [0.15, 0.2) is 0 Å². The van der Waals surface area contributed by atoms with Crippen molar-refractivity contribution in [3.8, 4) is 0 Å². The molecular formula is C35H51NO4. The van der Waals surface area contributed by atoms with E-state index in [9.17, 15) is 9.90 Å². The highest BCUT2D eigenvalue weighted by Gasteiger charge is 2.12. The van der Waals surface area contributed by atoms with Crippen LogP contribution in [0, 0.1) is 13.8 Å². The van der Waals surface area contributed by atoms with Crippen molar-refractivity contribution in [1.29, 1.82) is 0 Å². The molecule has 220 valence electrons. The van der Waals surface area contributed by atoms with Gasteiger partial charge in [0, 0.05) is 18.7 Å². The van der Waals surface area contributed by atoms with Crippen molar-refractivity contribution in [2.75, 3.05) is 11.9 Å². The van der Waals surface area contributed by atoms with Gasteiger partial charge in [0.05, 0.1) is 12.7 Å². The van der Waals surface area contributed by atoms with Crippen LogP contribution in [-0.2, 0) is 14.3 Å². The number of ether oxygens (including phenoxy) is 1. The van der Waals surface area contributed by atoms with Gasteiger partial charge in [-0.05, 0) is 88.8 Å². The van der Waals surface area contributed by atoms with Crippen molar-refractivity contribution >= 4 is 24.5 Å². The lowest BCUT2D eigenvalue weighted by atomic mass is 10.0. The number of allylic oxidation sites excluding steroid dienone is 7. The third-order valence-corrected chi connectivity index (χ3v) is 5.13. The Bertz CT molecular complexity index is 1010. The van der Waals surface area contributed by atoms with Crippen LogP contribution in [0.25, 0.3) is 6.08 Å². The van der Waals surface area contributed by atoms with Gasteiger partial charge in [-0.25, -0.2) is 0 Å². The molecule has 0 amide bonds. The highest BCUT2D eigenvalue weighted by atomic mass is 16.5. The molecule has 0 aliphatic rings. The summed E-state index contributed by atoms with van der Waals surface area (Å²) in [5, 5.41) is 14.0. The fourth-order valence-electron chi connectivity index (χ4n) is 3.45. The molecule has 0 aliphatic heterocycles. The van der Waals surface area contributed by atoms with Crippen LogP contribution in [0.1, 0.15) is 82.7 Å². The van der Waals surface area contributed by atoms with Crippen molar-refractivity contribution in [2.45, 2.75) is 80.4 Å². The third kappa shape index (κ3) is 21.3. The molecule has 0 saturated carbocycles. The largest absolute Gasteiger partial charge is 0.466 e. The quantitative estimate of drug-likeness (QED) is 0.229. The third-order valence-electron chi connectivity index (χ3n) is 5.13. The lowest BCUT2D eigenvalue weighted by molar-refractivity contribution is -0.140. The molecule has 0 spiro atoms. The first-order valence-corrected chi connectivity index (χ1v) is 13.7. The number of aliphatic hydroxyl groups is 1. The maximum atomic E-state index is 10.5. The summed E-state index contributed by atoms with van der Waals surface area (Å²) in [6.07, 6.45) is 17.2. The van der Waals surface area contributed by atoms with Crippen LogP contribution in [0.3, 0.4) is 0 Å². The maximum absolute atomic E-state index is 10.5. The molecule has 5 nitrogen and oxygen atoms in total. The van der Waals surface area contributed by atoms with E-state index in [2.05, 4.69) is 55.1 Å². The lowest BCUT2D eigenvalue weighted by Crippen LogP contribution is -2.18. The zero-order chi connectivity index (χ0) is 30.8. The molecule has 2 N–H and O–H groups in total. The molecule has 0 fully saturated rings. The van der Waals surface area contributed by atoms with E-state index in [0.717, 1.165) is 23.2 Å². The second-order valence-corrected chi connectivity index (χ2v) is 9.12. The van der Waals surface area contributed by atoms with Gasteiger partial charge in [0.2, 0.25) is 0 Å². The minimum atomic E-state index is -0.470. The van der Waals surface area contributed by atoms with Gasteiger partial charge in [-0.2, -0.15) is 0 Å².